The van der Waals surface area contributed by atoms with Gasteiger partial charge in [0.05, 0.1) is 18.1 Å². The number of aryl methyl sites for hydroxylation is 1. The van der Waals surface area contributed by atoms with Crippen molar-refractivity contribution >= 4 is 47.4 Å². The van der Waals surface area contributed by atoms with E-state index in [4.69, 9.17) is 11.6 Å². The van der Waals surface area contributed by atoms with Gasteiger partial charge in [0.2, 0.25) is 5.91 Å². The number of aromatic nitrogens is 1. The highest BCUT2D eigenvalue weighted by Crippen LogP contribution is 2.15. The Bertz CT molecular complexity index is 606. The van der Waals surface area contributed by atoms with Crippen molar-refractivity contribution in [2.75, 3.05) is 34.2 Å². The molecule has 6 nitrogen and oxygen atoms in total. The molecule has 144 valence electrons. The first-order valence-corrected chi connectivity index (χ1v) is 7.44. The first kappa shape index (κ1) is 23.8. The Balaban J connectivity index is 0.00000576. The second kappa shape index (κ2) is 10.1. The molecule has 1 aromatic rings. The predicted molar refractivity (Wildman–Crippen MR) is 102 cm³/mol. The van der Waals surface area contributed by atoms with Gasteiger partial charge in [-0.2, -0.15) is 13.2 Å². The molecular weight excluding hydrogens is 474 g/mol. The highest BCUT2D eigenvalue weighted by atomic mass is 127. The van der Waals surface area contributed by atoms with Gasteiger partial charge < -0.3 is 19.7 Å². The van der Waals surface area contributed by atoms with Crippen molar-refractivity contribution in [2.24, 2.45) is 12.0 Å². The molecule has 0 fully saturated rings. The number of nitrogens with zero attached hydrogens (tertiary/aromatic N) is 4. The predicted octanol–water partition coefficient (Wildman–Crippen LogP) is 2.32. The van der Waals surface area contributed by atoms with E-state index in [0.29, 0.717) is 22.4 Å². The number of nitrogens with one attached hydrogen (secondary N) is 1. The largest absolute Gasteiger partial charge is 0.406 e. The average Bonchev–Trinajstić information content (AvgIpc) is 2.75. The Hall–Kier alpha value is -1.17. The third kappa shape index (κ3) is 8.17. The molecule has 1 aromatic heterocycles. The molecule has 1 N–H and O–H groups in total. The fourth-order valence-corrected chi connectivity index (χ4v) is 2.35. The van der Waals surface area contributed by atoms with Crippen LogP contribution in [0.5, 0.6) is 0 Å². The van der Waals surface area contributed by atoms with Crippen LogP contribution in [0.25, 0.3) is 0 Å². The maximum absolute atomic E-state index is 12.3. The number of aliphatic imine (C=N–C) groups is 1. The summed E-state index contributed by atoms with van der Waals surface area (Å²) < 4.78 is 38.7. The molecule has 25 heavy (non-hydrogen) atoms. The zero-order valence-corrected chi connectivity index (χ0v) is 17.5. The van der Waals surface area contributed by atoms with Gasteiger partial charge in [0.25, 0.3) is 0 Å². The Morgan fingerprint density at radius 3 is 2.40 bits per heavy atom. The van der Waals surface area contributed by atoms with Gasteiger partial charge in [-0.05, 0) is 6.07 Å². The molecule has 0 spiro atoms. The van der Waals surface area contributed by atoms with Crippen LogP contribution >= 0.6 is 35.6 Å². The smallest absolute Gasteiger partial charge is 0.351 e. The van der Waals surface area contributed by atoms with E-state index in [1.165, 1.54) is 7.05 Å². The van der Waals surface area contributed by atoms with Crippen LogP contribution in [0.3, 0.4) is 0 Å². The number of amides is 1. The Morgan fingerprint density at radius 2 is 1.96 bits per heavy atom. The summed E-state index contributed by atoms with van der Waals surface area (Å²) in [5.41, 5.74) is 0.922. The van der Waals surface area contributed by atoms with Gasteiger partial charge in [0.1, 0.15) is 6.54 Å². The van der Waals surface area contributed by atoms with Crippen LogP contribution in [0.2, 0.25) is 5.02 Å². The molecule has 0 aliphatic rings. The summed E-state index contributed by atoms with van der Waals surface area (Å²) in [5.74, 6) is -0.287. The molecule has 0 aromatic carbocycles. The number of carbonyl (C=O) groups is 1. The van der Waals surface area contributed by atoms with E-state index in [-0.39, 0.29) is 30.5 Å². The molecule has 0 radical (unpaired) electrons. The number of hydrogen-bond acceptors (Lipinski definition) is 2. The van der Waals surface area contributed by atoms with Crippen LogP contribution in [-0.4, -0.2) is 66.6 Å². The van der Waals surface area contributed by atoms with Crippen molar-refractivity contribution in [1.82, 2.24) is 19.7 Å². The number of likely N-dealkylation sites (N-methyl/N-ethyl adjacent to an activating group) is 1. The van der Waals surface area contributed by atoms with Gasteiger partial charge in [-0.15, -0.1) is 24.0 Å². The molecule has 0 saturated carbocycles. The monoisotopic (exact) mass is 495 g/mol. The third-order valence-corrected chi connectivity index (χ3v) is 3.49. The zero-order chi connectivity index (χ0) is 18.5. The summed E-state index contributed by atoms with van der Waals surface area (Å²) in [6.07, 6.45) is -2.66. The Morgan fingerprint density at radius 1 is 1.36 bits per heavy atom. The van der Waals surface area contributed by atoms with Crippen molar-refractivity contribution in [3.63, 3.8) is 0 Å². The molecular formula is C14H22ClF3IN5O. The van der Waals surface area contributed by atoms with Crippen LogP contribution < -0.4 is 5.32 Å². The first-order valence-electron chi connectivity index (χ1n) is 7.06. The van der Waals surface area contributed by atoms with Gasteiger partial charge >= 0.3 is 6.18 Å². The maximum Gasteiger partial charge on any atom is 0.406 e. The fraction of sp³-hybridized carbons (Fsp3) is 0.571. The number of guanidine groups is 1. The number of halogens is 5. The van der Waals surface area contributed by atoms with Crippen LogP contribution in [0.1, 0.15) is 5.69 Å². The van der Waals surface area contributed by atoms with Gasteiger partial charge in [-0.3, -0.25) is 9.79 Å². The molecule has 0 unspecified atom stereocenters. The number of carbonyl (C=O) groups excluding carboxylic acids is 1. The van der Waals surface area contributed by atoms with Crippen molar-refractivity contribution in [1.29, 1.82) is 0 Å². The van der Waals surface area contributed by atoms with Crippen LogP contribution in [0.4, 0.5) is 13.2 Å². The van der Waals surface area contributed by atoms with E-state index in [2.05, 4.69) is 10.3 Å². The quantitative estimate of drug-likeness (QED) is 0.388. The minimum absolute atomic E-state index is 0. The fourth-order valence-electron chi connectivity index (χ4n) is 2.07. The molecule has 0 aliphatic carbocycles. The van der Waals surface area contributed by atoms with Crippen molar-refractivity contribution < 1.29 is 18.0 Å². The van der Waals surface area contributed by atoms with E-state index < -0.39 is 18.6 Å². The molecule has 1 amide bonds. The second-order valence-corrected chi connectivity index (χ2v) is 5.82. The van der Waals surface area contributed by atoms with Crippen molar-refractivity contribution in [2.45, 2.75) is 12.7 Å². The summed E-state index contributed by atoms with van der Waals surface area (Å²) in [5, 5.41) is 3.36. The van der Waals surface area contributed by atoms with Crippen molar-refractivity contribution in [3.05, 3.63) is 23.0 Å². The summed E-state index contributed by atoms with van der Waals surface area (Å²) in [6.45, 7) is -1.10. The lowest BCUT2D eigenvalue weighted by atomic mass is 10.4. The minimum atomic E-state index is -4.42. The topological polar surface area (TPSA) is 52.9 Å². The standard InChI is InChI=1S/C14H21ClF3N5O.HI/c1-19-13(20-6-12(24)23(4)9-14(16,17)18)22(3)8-11-5-10(15)7-21(11)2;/h5,7H,6,8-9H2,1-4H3,(H,19,20);1H. The first-order chi connectivity index (χ1) is 11.0. The molecule has 0 bridgehead atoms. The maximum atomic E-state index is 12.3. The summed E-state index contributed by atoms with van der Waals surface area (Å²) >= 11 is 5.93. The lowest BCUT2D eigenvalue weighted by Gasteiger charge is -2.24. The Labute approximate surface area is 167 Å². The van der Waals surface area contributed by atoms with Gasteiger partial charge in [0.15, 0.2) is 5.96 Å². The summed E-state index contributed by atoms with van der Waals surface area (Å²) in [7, 11) is 6.23. The molecule has 0 aliphatic heterocycles. The highest BCUT2D eigenvalue weighted by Gasteiger charge is 2.31. The van der Waals surface area contributed by atoms with E-state index in [9.17, 15) is 18.0 Å². The summed E-state index contributed by atoms with van der Waals surface area (Å²) in [6, 6.07) is 1.80. The SMILES string of the molecule is CN=C(NCC(=O)N(C)CC(F)(F)F)N(C)Cc1cc(Cl)cn1C.I. The third-order valence-electron chi connectivity index (χ3n) is 3.29. The summed E-state index contributed by atoms with van der Waals surface area (Å²) in [4.78, 5) is 18.1. The molecule has 0 atom stereocenters. The van der Waals surface area contributed by atoms with Gasteiger partial charge in [-0.25, -0.2) is 0 Å². The minimum Gasteiger partial charge on any atom is -0.351 e. The van der Waals surface area contributed by atoms with E-state index in [1.807, 2.05) is 11.6 Å². The Kier molecular flexibility index (Phi) is 9.62. The van der Waals surface area contributed by atoms with E-state index in [1.54, 1.807) is 24.2 Å². The lowest BCUT2D eigenvalue weighted by molar-refractivity contribution is -0.157. The number of alkyl halides is 3. The normalized spacial score (nSPS) is 11.8. The van der Waals surface area contributed by atoms with Crippen LogP contribution in [0.15, 0.2) is 17.3 Å². The zero-order valence-electron chi connectivity index (χ0n) is 14.4. The van der Waals surface area contributed by atoms with Crippen molar-refractivity contribution in [3.8, 4) is 0 Å². The van der Waals surface area contributed by atoms with Crippen LogP contribution in [0, 0.1) is 0 Å². The number of rotatable bonds is 5. The average molecular weight is 496 g/mol. The van der Waals surface area contributed by atoms with E-state index >= 15 is 0 Å². The van der Waals surface area contributed by atoms with E-state index in [0.717, 1.165) is 12.7 Å². The van der Waals surface area contributed by atoms with Gasteiger partial charge in [0, 0.05) is 40.1 Å². The highest BCUT2D eigenvalue weighted by molar-refractivity contribution is 14.0. The second-order valence-electron chi connectivity index (χ2n) is 5.38. The van der Waals surface area contributed by atoms with Gasteiger partial charge in [-0.1, -0.05) is 11.6 Å². The molecule has 11 heteroatoms. The molecule has 1 heterocycles. The molecule has 1 rings (SSSR count). The molecule has 0 saturated heterocycles. The van der Waals surface area contributed by atoms with Crippen LogP contribution in [-0.2, 0) is 18.4 Å². The lowest BCUT2D eigenvalue weighted by Crippen LogP contribution is -2.46. The number of hydrogen-bond donors (Lipinski definition) is 1.